The topological polar surface area (TPSA) is 42.0 Å². The summed E-state index contributed by atoms with van der Waals surface area (Å²) >= 11 is 0. The van der Waals surface area contributed by atoms with Crippen LogP contribution < -0.4 is 14.4 Å². The first-order chi connectivity index (χ1) is 9.31. The number of carbonyl (C=O) groups is 1. The third-order valence-electron chi connectivity index (χ3n) is 3.94. The van der Waals surface area contributed by atoms with Crippen LogP contribution in [0.1, 0.15) is 12.8 Å². The van der Waals surface area contributed by atoms with Crippen molar-refractivity contribution in [1.82, 2.24) is 4.90 Å². The summed E-state index contributed by atoms with van der Waals surface area (Å²) in [6.07, 6.45) is 2.54. The largest absolute Gasteiger partial charge is 0.454 e. The van der Waals surface area contributed by atoms with Gasteiger partial charge in [0.25, 0.3) is 0 Å². The third-order valence-corrected chi connectivity index (χ3v) is 3.94. The van der Waals surface area contributed by atoms with Gasteiger partial charge in [0, 0.05) is 31.4 Å². The lowest BCUT2D eigenvalue weighted by atomic mass is 10.2. The fourth-order valence-electron chi connectivity index (χ4n) is 2.66. The van der Waals surface area contributed by atoms with Gasteiger partial charge in [-0.05, 0) is 30.9 Å². The molecule has 2 heterocycles. The number of ether oxygens (including phenoxy) is 2. The van der Waals surface area contributed by atoms with E-state index >= 15 is 0 Å². The van der Waals surface area contributed by atoms with Crippen LogP contribution in [-0.4, -0.2) is 37.4 Å². The van der Waals surface area contributed by atoms with Crippen molar-refractivity contribution in [3.63, 3.8) is 0 Å². The van der Waals surface area contributed by atoms with Crippen LogP contribution in [0.2, 0.25) is 0 Å². The molecule has 2 fully saturated rings. The number of nitrogens with zero attached hydrogens (tertiary/aromatic N) is 2. The van der Waals surface area contributed by atoms with E-state index in [1.165, 1.54) is 12.8 Å². The fourth-order valence-corrected chi connectivity index (χ4v) is 2.66. The molecule has 0 aromatic heterocycles. The molecule has 0 N–H and O–H groups in total. The Bertz CT molecular complexity index is 527. The van der Waals surface area contributed by atoms with Crippen molar-refractivity contribution in [2.45, 2.75) is 12.8 Å². The van der Waals surface area contributed by atoms with E-state index in [0.29, 0.717) is 0 Å². The minimum Gasteiger partial charge on any atom is -0.454 e. The Morgan fingerprint density at radius 3 is 2.84 bits per heavy atom. The molecule has 1 aliphatic carbocycles. The normalized spacial score (nSPS) is 21.4. The van der Waals surface area contributed by atoms with E-state index in [0.717, 1.165) is 42.7 Å². The number of fused-ring (bicyclic) bond motifs is 1. The minimum atomic E-state index is 0.116. The van der Waals surface area contributed by atoms with Crippen LogP contribution in [0.3, 0.4) is 0 Å². The van der Waals surface area contributed by atoms with Crippen molar-refractivity contribution in [3.8, 4) is 11.5 Å². The lowest BCUT2D eigenvalue weighted by molar-refractivity contribution is 0.174. The molecule has 1 saturated heterocycles. The molecule has 3 aliphatic rings. The van der Waals surface area contributed by atoms with E-state index in [1.54, 1.807) is 0 Å². The van der Waals surface area contributed by atoms with E-state index < -0.39 is 0 Å². The Morgan fingerprint density at radius 1 is 1.16 bits per heavy atom. The van der Waals surface area contributed by atoms with E-state index in [9.17, 15) is 4.79 Å². The summed E-state index contributed by atoms with van der Waals surface area (Å²) in [5.74, 6) is 2.22. The van der Waals surface area contributed by atoms with Gasteiger partial charge in [0.1, 0.15) is 0 Å². The van der Waals surface area contributed by atoms with Gasteiger partial charge in [-0.2, -0.15) is 0 Å². The van der Waals surface area contributed by atoms with Crippen molar-refractivity contribution in [2.24, 2.45) is 5.92 Å². The Morgan fingerprint density at radius 2 is 2.00 bits per heavy atom. The monoisotopic (exact) mass is 260 g/mol. The SMILES string of the molecule is O=C1N(CC2CC2)CCN1c1ccc2c(c1)OCO2. The molecule has 0 unspecified atom stereocenters. The van der Waals surface area contributed by atoms with Gasteiger partial charge in [-0.1, -0.05) is 0 Å². The first kappa shape index (κ1) is 11.0. The maximum atomic E-state index is 12.3. The quantitative estimate of drug-likeness (QED) is 0.835. The molecule has 1 aromatic rings. The fraction of sp³-hybridized carbons (Fsp3) is 0.500. The van der Waals surface area contributed by atoms with E-state index in [1.807, 2.05) is 28.0 Å². The van der Waals surface area contributed by atoms with Gasteiger partial charge in [0.05, 0.1) is 0 Å². The number of benzene rings is 1. The Hall–Kier alpha value is -1.91. The lowest BCUT2D eigenvalue weighted by Gasteiger charge is -2.18. The van der Waals surface area contributed by atoms with Gasteiger partial charge < -0.3 is 14.4 Å². The zero-order valence-corrected chi connectivity index (χ0v) is 10.7. The molecule has 0 atom stereocenters. The average Bonchev–Trinajstić information content (AvgIpc) is 2.98. The molecule has 1 aromatic carbocycles. The first-order valence-corrected chi connectivity index (χ1v) is 6.77. The molecule has 4 rings (SSSR count). The number of carbonyl (C=O) groups excluding carboxylic acids is 1. The van der Waals surface area contributed by atoms with Crippen LogP contribution in [0.15, 0.2) is 18.2 Å². The zero-order chi connectivity index (χ0) is 12.8. The van der Waals surface area contributed by atoms with Crippen molar-refractivity contribution >= 4 is 11.7 Å². The molecule has 2 aliphatic heterocycles. The lowest BCUT2D eigenvalue weighted by Crippen LogP contribution is -2.33. The Kier molecular flexibility index (Phi) is 2.33. The molecule has 1 saturated carbocycles. The number of anilines is 1. The van der Waals surface area contributed by atoms with Crippen LogP contribution in [0.4, 0.5) is 10.5 Å². The van der Waals surface area contributed by atoms with Crippen molar-refractivity contribution in [2.75, 3.05) is 31.3 Å². The van der Waals surface area contributed by atoms with E-state index in [4.69, 9.17) is 9.47 Å². The maximum absolute atomic E-state index is 12.3. The zero-order valence-electron chi connectivity index (χ0n) is 10.7. The van der Waals surface area contributed by atoms with E-state index in [-0.39, 0.29) is 12.8 Å². The van der Waals surface area contributed by atoms with Gasteiger partial charge in [-0.3, -0.25) is 4.90 Å². The molecule has 0 spiro atoms. The summed E-state index contributed by atoms with van der Waals surface area (Å²) in [5.41, 5.74) is 0.896. The summed E-state index contributed by atoms with van der Waals surface area (Å²) in [5, 5.41) is 0. The highest BCUT2D eigenvalue weighted by atomic mass is 16.7. The van der Waals surface area contributed by atoms with Crippen molar-refractivity contribution in [1.29, 1.82) is 0 Å². The highest BCUT2D eigenvalue weighted by Gasteiger charge is 2.34. The van der Waals surface area contributed by atoms with Gasteiger partial charge in [0.15, 0.2) is 11.5 Å². The minimum absolute atomic E-state index is 0.116. The second-order valence-corrected chi connectivity index (χ2v) is 5.36. The molecule has 5 heteroatoms. The second-order valence-electron chi connectivity index (χ2n) is 5.36. The van der Waals surface area contributed by atoms with Crippen molar-refractivity contribution < 1.29 is 14.3 Å². The first-order valence-electron chi connectivity index (χ1n) is 6.77. The molecule has 5 nitrogen and oxygen atoms in total. The van der Waals surface area contributed by atoms with Crippen LogP contribution >= 0.6 is 0 Å². The van der Waals surface area contributed by atoms with Crippen LogP contribution in [0.25, 0.3) is 0 Å². The number of rotatable bonds is 3. The second kappa shape index (κ2) is 4.05. The standard InChI is InChI=1S/C14H16N2O3/c17-14-15(8-10-1-2-10)5-6-16(14)11-3-4-12-13(7-11)19-9-18-12/h3-4,7,10H,1-2,5-6,8-9H2. The molecule has 100 valence electrons. The molecule has 0 radical (unpaired) electrons. The summed E-state index contributed by atoms with van der Waals surface area (Å²) in [4.78, 5) is 16.1. The number of hydrogen-bond acceptors (Lipinski definition) is 3. The summed E-state index contributed by atoms with van der Waals surface area (Å²) in [7, 11) is 0. The third kappa shape index (κ3) is 1.89. The highest BCUT2D eigenvalue weighted by molar-refractivity contribution is 5.94. The predicted molar refractivity (Wildman–Crippen MR) is 69.6 cm³/mol. The summed E-state index contributed by atoms with van der Waals surface area (Å²) in [6, 6.07) is 5.80. The predicted octanol–water partition coefficient (Wildman–Crippen LogP) is 2.07. The summed E-state index contributed by atoms with van der Waals surface area (Å²) < 4.78 is 10.7. The highest BCUT2D eigenvalue weighted by Crippen LogP contribution is 2.37. The van der Waals surface area contributed by atoms with E-state index in [2.05, 4.69) is 0 Å². The van der Waals surface area contributed by atoms with Gasteiger partial charge in [-0.15, -0.1) is 0 Å². The Balaban J connectivity index is 1.54. The van der Waals surface area contributed by atoms with Gasteiger partial charge in [0.2, 0.25) is 6.79 Å². The van der Waals surface area contributed by atoms with Gasteiger partial charge in [-0.25, -0.2) is 4.79 Å². The maximum Gasteiger partial charge on any atom is 0.324 e. The smallest absolute Gasteiger partial charge is 0.324 e. The van der Waals surface area contributed by atoms with Crippen LogP contribution in [-0.2, 0) is 0 Å². The molecule has 0 bridgehead atoms. The van der Waals surface area contributed by atoms with Crippen LogP contribution in [0.5, 0.6) is 11.5 Å². The number of urea groups is 1. The molecular formula is C14H16N2O3. The summed E-state index contributed by atoms with van der Waals surface area (Å²) in [6.45, 7) is 2.76. The molecule has 2 amide bonds. The van der Waals surface area contributed by atoms with Gasteiger partial charge >= 0.3 is 6.03 Å². The molecule has 19 heavy (non-hydrogen) atoms. The Labute approximate surface area is 111 Å². The number of amides is 2. The van der Waals surface area contributed by atoms with Crippen LogP contribution in [0, 0.1) is 5.92 Å². The van der Waals surface area contributed by atoms with Crippen molar-refractivity contribution in [3.05, 3.63) is 18.2 Å². The number of hydrogen-bond donors (Lipinski definition) is 0. The average molecular weight is 260 g/mol. The molecular weight excluding hydrogens is 244 g/mol.